The first-order valence-electron chi connectivity index (χ1n) is 4.92. The van der Waals surface area contributed by atoms with Crippen molar-refractivity contribution in [2.75, 3.05) is 5.32 Å². The number of hydrogen-bond donors (Lipinski definition) is 1. The molecule has 0 unspecified atom stereocenters. The Morgan fingerprint density at radius 2 is 2.38 bits per heavy atom. The van der Waals surface area contributed by atoms with Crippen LogP contribution >= 0.6 is 15.9 Å². The van der Waals surface area contributed by atoms with Gasteiger partial charge in [0.1, 0.15) is 11.2 Å². The summed E-state index contributed by atoms with van der Waals surface area (Å²) in [5, 5.41) is 11.6. The fourth-order valence-corrected chi connectivity index (χ4v) is 1.86. The standard InChI is InChI=1S/C11H10BrN3O/c1-7-4-8(12)5-14-9(7)15-10(16)11(6-13)2-3-11/h4-5H,2-3H2,1H3,(H,14,15,16). The van der Waals surface area contributed by atoms with Gasteiger partial charge in [0, 0.05) is 10.7 Å². The molecule has 82 valence electrons. The van der Waals surface area contributed by atoms with Crippen LogP contribution in [0.15, 0.2) is 16.7 Å². The molecule has 0 aromatic carbocycles. The van der Waals surface area contributed by atoms with Crippen molar-refractivity contribution in [2.45, 2.75) is 19.8 Å². The maximum atomic E-state index is 11.8. The van der Waals surface area contributed by atoms with Crippen molar-refractivity contribution in [3.63, 3.8) is 0 Å². The molecule has 1 heterocycles. The average molecular weight is 280 g/mol. The second-order valence-electron chi connectivity index (χ2n) is 3.97. The Bertz CT molecular complexity index is 488. The molecule has 0 aliphatic heterocycles. The van der Waals surface area contributed by atoms with E-state index in [1.165, 1.54) is 0 Å². The van der Waals surface area contributed by atoms with E-state index in [2.05, 4.69) is 32.3 Å². The molecule has 1 amide bonds. The maximum absolute atomic E-state index is 11.8. The van der Waals surface area contributed by atoms with Gasteiger partial charge in [-0.3, -0.25) is 4.79 Å². The first-order valence-corrected chi connectivity index (χ1v) is 5.71. The molecule has 0 spiro atoms. The van der Waals surface area contributed by atoms with Crippen LogP contribution in [0, 0.1) is 23.7 Å². The Balaban J connectivity index is 2.16. The van der Waals surface area contributed by atoms with Gasteiger partial charge in [0.15, 0.2) is 0 Å². The van der Waals surface area contributed by atoms with Gasteiger partial charge in [-0.05, 0) is 47.3 Å². The van der Waals surface area contributed by atoms with E-state index in [-0.39, 0.29) is 5.91 Å². The van der Waals surface area contributed by atoms with Crippen molar-refractivity contribution in [1.82, 2.24) is 4.98 Å². The number of hydrogen-bond acceptors (Lipinski definition) is 3. The average Bonchev–Trinajstić information content (AvgIpc) is 3.03. The van der Waals surface area contributed by atoms with Gasteiger partial charge in [-0.1, -0.05) is 0 Å². The first kappa shape index (κ1) is 11.1. The SMILES string of the molecule is Cc1cc(Br)cnc1NC(=O)C1(C#N)CC1. The molecule has 4 nitrogen and oxygen atoms in total. The van der Waals surface area contributed by atoms with Gasteiger partial charge in [-0.2, -0.15) is 5.26 Å². The highest BCUT2D eigenvalue weighted by atomic mass is 79.9. The first-order chi connectivity index (χ1) is 7.57. The summed E-state index contributed by atoms with van der Waals surface area (Å²) in [6, 6.07) is 3.92. The summed E-state index contributed by atoms with van der Waals surface area (Å²) in [5.41, 5.74) is 0.0674. The molecule has 1 aromatic rings. The topological polar surface area (TPSA) is 65.8 Å². The smallest absolute Gasteiger partial charge is 0.246 e. The Hall–Kier alpha value is -1.41. The van der Waals surface area contributed by atoms with Gasteiger partial charge in [0.25, 0.3) is 0 Å². The van der Waals surface area contributed by atoms with E-state index >= 15 is 0 Å². The Morgan fingerprint density at radius 3 is 2.88 bits per heavy atom. The molecule has 0 atom stereocenters. The molecular weight excluding hydrogens is 270 g/mol. The van der Waals surface area contributed by atoms with Crippen LogP contribution in [0.25, 0.3) is 0 Å². The third kappa shape index (κ3) is 1.93. The number of nitrogens with one attached hydrogen (secondary N) is 1. The number of nitriles is 1. The van der Waals surface area contributed by atoms with Crippen molar-refractivity contribution in [3.8, 4) is 6.07 Å². The summed E-state index contributed by atoms with van der Waals surface area (Å²) in [5.74, 6) is 0.280. The highest BCUT2D eigenvalue weighted by Crippen LogP contribution is 2.45. The summed E-state index contributed by atoms with van der Waals surface area (Å²) >= 11 is 3.30. The number of aryl methyl sites for hydroxylation is 1. The normalized spacial score (nSPS) is 16.3. The van der Waals surface area contributed by atoms with Gasteiger partial charge in [0.05, 0.1) is 6.07 Å². The van der Waals surface area contributed by atoms with E-state index in [9.17, 15) is 4.79 Å². The van der Waals surface area contributed by atoms with Crippen molar-refractivity contribution in [1.29, 1.82) is 5.26 Å². The minimum absolute atomic E-state index is 0.243. The van der Waals surface area contributed by atoms with Crippen LogP contribution in [0.3, 0.4) is 0 Å². The Labute approximate surface area is 102 Å². The van der Waals surface area contributed by atoms with Crippen LogP contribution in [0.2, 0.25) is 0 Å². The lowest BCUT2D eigenvalue weighted by Gasteiger charge is -2.09. The fourth-order valence-electron chi connectivity index (χ4n) is 1.41. The van der Waals surface area contributed by atoms with E-state index in [1.54, 1.807) is 6.20 Å². The highest BCUT2D eigenvalue weighted by molar-refractivity contribution is 9.10. The number of carbonyl (C=O) groups is 1. The molecule has 0 radical (unpaired) electrons. The number of halogens is 1. The third-order valence-electron chi connectivity index (χ3n) is 2.68. The predicted molar refractivity (Wildman–Crippen MR) is 62.6 cm³/mol. The monoisotopic (exact) mass is 279 g/mol. The zero-order chi connectivity index (χ0) is 11.8. The largest absolute Gasteiger partial charge is 0.309 e. The van der Waals surface area contributed by atoms with Crippen LogP contribution in [0.4, 0.5) is 5.82 Å². The molecule has 16 heavy (non-hydrogen) atoms. The third-order valence-corrected chi connectivity index (χ3v) is 3.11. The van der Waals surface area contributed by atoms with Gasteiger partial charge >= 0.3 is 0 Å². The number of anilines is 1. The highest BCUT2D eigenvalue weighted by Gasteiger charge is 2.50. The molecule has 1 saturated carbocycles. The van der Waals surface area contributed by atoms with Crippen LogP contribution < -0.4 is 5.32 Å². The van der Waals surface area contributed by atoms with E-state index < -0.39 is 5.41 Å². The van der Waals surface area contributed by atoms with Crippen LogP contribution in [0.1, 0.15) is 18.4 Å². The number of nitrogens with zero attached hydrogens (tertiary/aromatic N) is 2. The number of rotatable bonds is 2. The minimum atomic E-state index is -0.804. The lowest BCUT2D eigenvalue weighted by atomic mass is 10.1. The van der Waals surface area contributed by atoms with Crippen molar-refractivity contribution in [3.05, 3.63) is 22.3 Å². The van der Waals surface area contributed by atoms with Gasteiger partial charge in [-0.25, -0.2) is 4.98 Å². The lowest BCUT2D eigenvalue weighted by Crippen LogP contribution is -2.23. The van der Waals surface area contributed by atoms with Crippen LogP contribution in [-0.2, 0) is 4.79 Å². The minimum Gasteiger partial charge on any atom is -0.309 e. The van der Waals surface area contributed by atoms with Crippen molar-refractivity contribution in [2.24, 2.45) is 5.41 Å². The fraction of sp³-hybridized carbons (Fsp3) is 0.364. The van der Waals surface area contributed by atoms with Crippen LogP contribution in [0.5, 0.6) is 0 Å². The lowest BCUT2D eigenvalue weighted by molar-refractivity contribution is -0.119. The van der Waals surface area contributed by atoms with Crippen LogP contribution in [-0.4, -0.2) is 10.9 Å². The maximum Gasteiger partial charge on any atom is 0.246 e. The number of pyridine rings is 1. The molecule has 2 rings (SSSR count). The van der Waals surface area contributed by atoms with Crippen molar-refractivity contribution < 1.29 is 4.79 Å². The Morgan fingerprint density at radius 1 is 1.69 bits per heavy atom. The molecule has 1 N–H and O–H groups in total. The summed E-state index contributed by atoms with van der Waals surface area (Å²) in [4.78, 5) is 15.9. The molecule has 0 bridgehead atoms. The second kappa shape index (κ2) is 3.87. The molecule has 5 heteroatoms. The second-order valence-corrected chi connectivity index (χ2v) is 4.88. The summed E-state index contributed by atoms with van der Waals surface area (Å²) in [7, 11) is 0. The molecule has 1 aromatic heterocycles. The quantitative estimate of drug-likeness (QED) is 0.904. The Kier molecular flexibility index (Phi) is 2.68. The number of carbonyl (C=O) groups excluding carboxylic acids is 1. The van der Waals surface area contributed by atoms with Gasteiger partial charge in [0.2, 0.25) is 5.91 Å². The van der Waals surface area contributed by atoms with Gasteiger partial charge < -0.3 is 5.32 Å². The zero-order valence-electron chi connectivity index (χ0n) is 8.75. The van der Waals surface area contributed by atoms with E-state index in [0.29, 0.717) is 18.7 Å². The molecule has 0 saturated heterocycles. The number of aromatic nitrogens is 1. The molecule has 1 fully saturated rings. The molecule has 1 aliphatic rings. The van der Waals surface area contributed by atoms with Crippen molar-refractivity contribution >= 4 is 27.7 Å². The van der Waals surface area contributed by atoms with Gasteiger partial charge in [-0.15, -0.1) is 0 Å². The number of amides is 1. The molecule has 1 aliphatic carbocycles. The summed E-state index contributed by atoms with van der Waals surface area (Å²) < 4.78 is 0.865. The van der Waals surface area contributed by atoms with E-state index in [4.69, 9.17) is 5.26 Å². The predicted octanol–water partition coefficient (Wildman–Crippen LogP) is 2.39. The zero-order valence-corrected chi connectivity index (χ0v) is 10.3. The summed E-state index contributed by atoms with van der Waals surface area (Å²) in [6.45, 7) is 1.86. The van der Waals surface area contributed by atoms with E-state index in [1.807, 2.05) is 13.0 Å². The summed E-state index contributed by atoms with van der Waals surface area (Å²) in [6.07, 6.45) is 2.91. The van der Waals surface area contributed by atoms with E-state index in [0.717, 1.165) is 10.0 Å². The molecular formula is C11H10BrN3O.